The summed E-state index contributed by atoms with van der Waals surface area (Å²) < 4.78 is 0. The van der Waals surface area contributed by atoms with Crippen LogP contribution < -0.4 is 24.0 Å². The van der Waals surface area contributed by atoms with Gasteiger partial charge >= 0.3 is 0 Å². The molecule has 0 radical (unpaired) electrons. The molecule has 0 aromatic heterocycles. The molecule has 0 aromatic rings. The monoisotopic (exact) mass is 260 g/mol. The lowest BCUT2D eigenvalue weighted by atomic mass is 10.3. The van der Waals surface area contributed by atoms with Crippen LogP contribution in [0.2, 0.25) is 0 Å². The van der Waals surface area contributed by atoms with Crippen molar-refractivity contribution in [2.75, 3.05) is 12.3 Å². The maximum atomic E-state index is 2.31. The Morgan fingerprint density at radius 2 is 1.89 bits per heavy atom. The van der Waals surface area contributed by atoms with Crippen molar-refractivity contribution < 1.29 is 24.0 Å². The fraction of sp³-hybridized carbons (Fsp3) is 1.00. The van der Waals surface area contributed by atoms with Crippen LogP contribution in [0.15, 0.2) is 0 Å². The third-order valence-corrected chi connectivity index (χ3v) is 3.39. The molecule has 0 aliphatic carbocycles. The van der Waals surface area contributed by atoms with E-state index in [4.69, 9.17) is 0 Å². The maximum Gasteiger partial charge on any atom is 0.0572 e. The van der Waals surface area contributed by atoms with Gasteiger partial charge in [0.2, 0.25) is 0 Å². The van der Waals surface area contributed by atoms with Gasteiger partial charge in [0.1, 0.15) is 0 Å². The molecule has 0 heterocycles. The molecule has 0 N–H and O–H groups in total. The van der Waals surface area contributed by atoms with Crippen molar-refractivity contribution in [2.45, 2.75) is 27.2 Å². The molecule has 0 rings (SSSR count). The predicted molar refractivity (Wildman–Crippen MR) is 44.6 cm³/mol. The fourth-order valence-electron chi connectivity index (χ4n) is 0.655. The molecule has 0 bridgehead atoms. The summed E-state index contributed by atoms with van der Waals surface area (Å²) in [4.78, 5) is 0. The van der Waals surface area contributed by atoms with E-state index in [1.165, 1.54) is 18.7 Å². The van der Waals surface area contributed by atoms with Gasteiger partial charge in [0.25, 0.3) is 0 Å². The molecule has 2 heteroatoms. The largest absolute Gasteiger partial charge is 1.00 e. The summed E-state index contributed by atoms with van der Waals surface area (Å²) in [5, 5.41) is 0. The van der Waals surface area contributed by atoms with E-state index < -0.39 is 0 Å². The van der Waals surface area contributed by atoms with Gasteiger partial charge in [-0.25, -0.2) is 0 Å². The maximum absolute atomic E-state index is 2.31. The summed E-state index contributed by atoms with van der Waals surface area (Å²) in [5.41, 5.74) is 0. The third-order valence-electron chi connectivity index (χ3n) is 1.13. The Balaban J connectivity index is 0. The molecule has 1 atom stereocenters. The highest BCUT2D eigenvalue weighted by atomic mass is 127. The van der Waals surface area contributed by atoms with Gasteiger partial charge in [-0.3, -0.25) is 0 Å². The highest BCUT2D eigenvalue weighted by Crippen LogP contribution is 2.14. The van der Waals surface area contributed by atoms with Crippen LogP contribution in [0.25, 0.3) is 0 Å². The zero-order valence-electron chi connectivity index (χ0n) is 6.65. The summed E-state index contributed by atoms with van der Waals surface area (Å²) in [6, 6.07) is 0. The third kappa shape index (κ3) is 12.4. The van der Waals surface area contributed by atoms with Crippen molar-refractivity contribution >= 4 is 8.58 Å². The standard InChI is InChI=1S/C7H17P.HI/c1-4-5-8-6-7(2)3;/h7-8H,4-6H2,1-3H3;1H. The van der Waals surface area contributed by atoms with Crippen LogP contribution in [0.4, 0.5) is 0 Å². The predicted octanol–water partition coefficient (Wildman–Crippen LogP) is -0.533. The Kier molecular flexibility index (Phi) is 13.0. The molecule has 0 nitrogen and oxygen atoms in total. The first-order valence-corrected chi connectivity index (χ1v) is 5.22. The SMILES string of the molecule is CCC[PH2+]CC(C)C.[I-]. The van der Waals surface area contributed by atoms with E-state index in [9.17, 15) is 0 Å². The summed E-state index contributed by atoms with van der Waals surface area (Å²) in [6.07, 6.45) is 4.38. The molecule has 9 heavy (non-hydrogen) atoms. The Bertz CT molecular complexity index is 46.2. The lowest BCUT2D eigenvalue weighted by Crippen LogP contribution is -3.00. The van der Waals surface area contributed by atoms with E-state index >= 15 is 0 Å². The lowest BCUT2D eigenvalue weighted by Gasteiger charge is -1.95. The van der Waals surface area contributed by atoms with Crippen molar-refractivity contribution in [1.82, 2.24) is 0 Å². The molecule has 58 valence electrons. The van der Waals surface area contributed by atoms with Gasteiger partial charge in [-0.05, 0) is 20.9 Å². The summed E-state index contributed by atoms with van der Waals surface area (Å²) in [6.45, 7) is 6.89. The van der Waals surface area contributed by atoms with Gasteiger partial charge in [0, 0.05) is 0 Å². The molecule has 1 unspecified atom stereocenters. The summed E-state index contributed by atoms with van der Waals surface area (Å²) in [5.74, 6) is 0.941. The average Bonchev–Trinajstić information content (AvgIpc) is 1.66. The van der Waals surface area contributed by atoms with Gasteiger partial charge in [0.15, 0.2) is 0 Å². The first-order chi connectivity index (χ1) is 3.77. The molecular formula is C7H18IP. The van der Waals surface area contributed by atoms with Crippen LogP contribution in [0, 0.1) is 5.92 Å². The fourth-order valence-corrected chi connectivity index (χ4v) is 1.97. The lowest BCUT2D eigenvalue weighted by molar-refractivity contribution is -0.00000199. The zero-order valence-corrected chi connectivity index (χ0v) is 9.97. The van der Waals surface area contributed by atoms with E-state index in [1.807, 2.05) is 0 Å². The quantitative estimate of drug-likeness (QED) is 0.362. The van der Waals surface area contributed by atoms with Crippen molar-refractivity contribution in [1.29, 1.82) is 0 Å². The van der Waals surface area contributed by atoms with Gasteiger partial charge in [-0.2, -0.15) is 0 Å². The molecule has 0 saturated carbocycles. The second-order valence-electron chi connectivity index (χ2n) is 2.71. The Morgan fingerprint density at radius 3 is 2.22 bits per heavy atom. The van der Waals surface area contributed by atoms with Gasteiger partial charge < -0.3 is 24.0 Å². The van der Waals surface area contributed by atoms with Crippen molar-refractivity contribution in [2.24, 2.45) is 5.92 Å². The highest BCUT2D eigenvalue weighted by Gasteiger charge is 1.96. The van der Waals surface area contributed by atoms with Crippen molar-refractivity contribution in [3.05, 3.63) is 0 Å². The van der Waals surface area contributed by atoms with Crippen LogP contribution in [-0.4, -0.2) is 12.3 Å². The molecule has 0 amide bonds. The van der Waals surface area contributed by atoms with Crippen LogP contribution in [0.3, 0.4) is 0 Å². The molecule has 0 aromatic carbocycles. The van der Waals surface area contributed by atoms with E-state index in [2.05, 4.69) is 20.8 Å². The average molecular weight is 260 g/mol. The Labute approximate surface area is 78.0 Å². The number of hydrogen-bond acceptors (Lipinski definition) is 0. The minimum Gasteiger partial charge on any atom is -1.00 e. The van der Waals surface area contributed by atoms with E-state index in [-0.39, 0.29) is 24.0 Å². The number of rotatable bonds is 4. The zero-order chi connectivity index (χ0) is 6.41. The van der Waals surface area contributed by atoms with E-state index in [0.29, 0.717) is 0 Å². The normalized spacial score (nSPS) is 10.7. The molecule has 0 aliphatic heterocycles. The Morgan fingerprint density at radius 1 is 1.33 bits per heavy atom. The van der Waals surface area contributed by atoms with Gasteiger partial charge in [-0.15, -0.1) is 0 Å². The van der Waals surface area contributed by atoms with Crippen molar-refractivity contribution in [3.8, 4) is 0 Å². The first-order valence-electron chi connectivity index (χ1n) is 3.59. The molecule has 0 aliphatic rings. The van der Waals surface area contributed by atoms with Crippen LogP contribution >= 0.6 is 8.58 Å². The number of hydrogen-bond donors (Lipinski definition) is 0. The van der Waals surface area contributed by atoms with Crippen LogP contribution in [0.1, 0.15) is 27.2 Å². The summed E-state index contributed by atoms with van der Waals surface area (Å²) in [7, 11) is 0.788. The Hall–Kier alpha value is 1.16. The number of halogens is 1. The van der Waals surface area contributed by atoms with Crippen molar-refractivity contribution in [3.63, 3.8) is 0 Å². The van der Waals surface area contributed by atoms with E-state index in [0.717, 1.165) is 14.5 Å². The summed E-state index contributed by atoms with van der Waals surface area (Å²) >= 11 is 0. The van der Waals surface area contributed by atoms with E-state index in [1.54, 1.807) is 0 Å². The molecule has 0 saturated heterocycles. The molecule has 0 fully saturated rings. The smallest absolute Gasteiger partial charge is 0.0572 e. The first kappa shape index (κ1) is 12.8. The highest BCUT2D eigenvalue weighted by molar-refractivity contribution is 7.37. The minimum absolute atomic E-state index is 0. The molecule has 0 spiro atoms. The van der Waals surface area contributed by atoms with Gasteiger partial charge in [-0.1, -0.05) is 20.8 Å². The second-order valence-corrected chi connectivity index (χ2v) is 4.33. The molecular weight excluding hydrogens is 242 g/mol. The minimum atomic E-state index is 0. The second kappa shape index (κ2) is 9.16. The van der Waals surface area contributed by atoms with Crippen LogP contribution in [-0.2, 0) is 0 Å². The topological polar surface area (TPSA) is 0 Å². The van der Waals surface area contributed by atoms with Crippen LogP contribution in [0.5, 0.6) is 0 Å². The van der Waals surface area contributed by atoms with Gasteiger partial charge in [0.05, 0.1) is 12.3 Å².